The maximum absolute atomic E-state index is 6.21. The number of nitrogens with zero attached hydrogens (tertiary/aromatic N) is 5. The molecular weight excluding hydrogens is 344 g/mol. The van der Waals surface area contributed by atoms with E-state index in [-0.39, 0.29) is 0 Å². The molecule has 2 atom stereocenters. The van der Waals surface area contributed by atoms with Crippen molar-refractivity contribution in [1.29, 1.82) is 0 Å². The van der Waals surface area contributed by atoms with Gasteiger partial charge in [-0.1, -0.05) is 13.8 Å². The van der Waals surface area contributed by atoms with E-state index in [1.165, 1.54) is 32.5 Å². The summed E-state index contributed by atoms with van der Waals surface area (Å²) in [6.07, 6.45) is 5.59. The summed E-state index contributed by atoms with van der Waals surface area (Å²) in [5.74, 6) is 2.40. The lowest BCUT2D eigenvalue weighted by atomic mass is 9.92. The molecule has 146 valence electrons. The molecule has 2 aliphatic heterocycles. The number of nitrogens with two attached hydrogens (primary N) is 1. The number of piperidine rings is 1. The Morgan fingerprint density at radius 3 is 2.58 bits per heavy atom. The predicted octanol–water partition coefficient (Wildman–Crippen LogP) is 2.34. The lowest BCUT2D eigenvalue weighted by molar-refractivity contribution is 0.139. The van der Waals surface area contributed by atoms with Crippen LogP contribution in [0.2, 0.25) is 0 Å². The summed E-state index contributed by atoms with van der Waals surface area (Å²) in [6, 6.07) is 0. The second-order valence-electron chi connectivity index (χ2n) is 7.94. The van der Waals surface area contributed by atoms with Crippen LogP contribution < -0.4 is 10.6 Å². The minimum atomic E-state index is 0.712. The third kappa shape index (κ3) is 5.58. The monoisotopic (exact) mass is 378 g/mol. The van der Waals surface area contributed by atoms with Crippen LogP contribution in [0.5, 0.6) is 0 Å². The average Bonchev–Trinajstić information content (AvgIpc) is 3.15. The largest absolute Gasteiger partial charge is 0.370 e. The minimum absolute atomic E-state index is 0.712. The van der Waals surface area contributed by atoms with Gasteiger partial charge in [-0.2, -0.15) is 0 Å². The maximum atomic E-state index is 6.21. The number of hydrogen-bond acceptors (Lipinski definition) is 5. The standard InChI is InChI=1S/C19H34N6S/c1-16-13-17(2)15-23(14-16)7-4-3-5-21-18(20)24-8-10-25(11-9-24)19-22-6-12-26-19/h6,12,16-17H,3-5,7-11,13-15H2,1-2H3,(H2,20,21). The zero-order chi connectivity index (χ0) is 18.4. The van der Waals surface area contributed by atoms with Crippen LogP contribution in [0.15, 0.2) is 16.6 Å². The van der Waals surface area contributed by atoms with Crippen LogP contribution in [-0.4, -0.2) is 73.1 Å². The fourth-order valence-electron chi connectivity index (χ4n) is 4.21. The van der Waals surface area contributed by atoms with Crippen molar-refractivity contribution < 1.29 is 0 Å². The number of thiazole rings is 1. The number of aromatic nitrogens is 1. The zero-order valence-corrected chi connectivity index (χ0v) is 17.1. The van der Waals surface area contributed by atoms with Crippen LogP contribution in [0.3, 0.4) is 0 Å². The molecule has 0 bridgehead atoms. The first-order valence-electron chi connectivity index (χ1n) is 10.0. The van der Waals surface area contributed by atoms with Crippen LogP contribution >= 0.6 is 11.3 Å². The van der Waals surface area contributed by atoms with Gasteiger partial charge in [-0.15, -0.1) is 11.3 Å². The van der Waals surface area contributed by atoms with Crippen molar-refractivity contribution in [2.75, 3.05) is 57.3 Å². The van der Waals surface area contributed by atoms with Crippen LogP contribution in [0.25, 0.3) is 0 Å². The molecule has 3 heterocycles. The molecule has 2 fully saturated rings. The molecule has 0 amide bonds. The number of hydrogen-bond donors (Lipinski definition) is 1. The molecule has 3 rings (SSSR count). The van der Waals surface area contributed by atoms with Crippen molar-refractivity contribution in [3.63, 3.8) is 0 Å². The van der Waals surface area contributed by atoms with Crippen molar-refractivity contribution in [3.8, 4) is 0 Å². The zero-order valence-electron chi connectivity index (χ0n) is 16.3. The normalized spacial score (nSPS) is 25.7. The van der Waals surface area contributed by atoms with Gasteiger partial charge < -0.3 is 20.4 Å². The number of guanidine groups is 1. The van der Waals surface area contributed by atoms with E-state index in [0.29, 0.717) is 5.96 Å². The minimum Gasteiger partial charge on any atom is -0.370 e. The lowest BCUT2D eigenvalue weighted by Crippen LogP contribution is -2.51. The van der Waals surface area contributed by atoms with Crippen LogP contribution in [0, 0.1) is 11.8 Å². The number of aliphatic imine (C=N–C) groups is 1. The molecule has 1 aromatic rings. The first-order chi connectivity index (χ1) is 12.6. The first-order valence-corrected chi connectivity index (χ1v) is 10.9. The van der Waals surface area contributed by atoms with Crippen molar-refractivity contribution >= 4 is 22.4 Å². The summed E-state index contributed by atoms with van der Waals surface area (Å²) in [5.41, 5.74) is 6.21. The molecule has 2 N–H and O–H groups in total. The van der Waals surface area contributed by atoms with E-state index in [9.17, 15) is 0 Å². The average molecular weight is 379 g/mol. The molecule has 0 saturated carbocycles. The molecule has 2 aliphatic rings. The van der Waals surface area contributed by atoms with E-state index >= 15 is 0 Å². The highest BCUT2D eigenvalue weighted by molar-refractivity contribution is 7.13. The van der Waals surface area contributed by atoms with Crippen molar-refractivity contribution in [2.45, 2.75) is 33.1 Å². The molecule has 6 nitrogen and oxygen atoms in total. The van der Waals surface area contributed by atoms with Gasteiger partial charge in [-0.05, 0) is 37.6 Å². The highest BCUT2D eigenvalue weighted by Gasteiger charge is 2.21. The number of unbranched alkanes of at least 4 members (excludes halogenated alkanes) is 1. The van der Waals surface area contributed by atoms with Crippen LogP contribution in [0.1, 0.15) is 33.1 Å². The highest BCUT2D eigenvalue weighted by atomic mass is 32.1. The van der Waals surface area contributed by atoms with Gasteiger partial charge in [0.2, 0.25) is 0 Å². The van der Waals surface area contributed by atoms with Crippen molar-refractivity contribution in [3.05, 3.63) is 11.6 Å². The van der Waals surface area contributed by atoms with E-state index in [0.717, 1.165) is 56.1 Å². The molecule has 2 unspecified atom stereocenters. The molecule has 0 radical (unpaired) electrons. The van der Waals surface area contributed by atoms with Gasteiger partial charge in [0, 0.05) is 57.4 Å². The SMILES string of the molecule is CC1CC(C)CN(CCCCN=C(N)N2CCN(c3nccs3)CC2)C1. The Morgan fingerprint density at radius 2 is 1.92 bits per heavy atom. The van der Waals surface area contributed by atoms with Gasteiger partial charge in [0.25, 0.3) is 0 Å². The summed E-state index contributed by atoms with van der Waals surface area (Å²) in [5, 5.41) is 3.14. The molecule has 2 saturated heterocycles. The Balaban J connectivity index is 1.31. The number of rotatable bonds is 6. The second kappa shape index (κ2) is 9.55. The second-order valence-corrected chi connectivity index (χ2v) is 8.81. The van der Waals surface area contributed by atoms with Gasteiger partial charge in [0.15, 0.2) is 11.1 Å². The smallest absolute Gasteiger partial charge is 0.191 e. The van der Waals surface area contributed by atoms with Gasteiger partial charge in [0.05, 0.1) is 0 Å². The number of piperazine rings is 1. The topological polar surface area (TPSA) is 61.0 Å². The van der Waals surface area contributed by atoms with Crippen molar-refractivity contribution in [1.82, 2.24) is 14.8 Å². The predicted molar refractivity (Wildman–Crippen MR) is 111 cm³/mol. The van der Waals surface area contributed by atoms with Gasteiger partial charge in [-0.25, -0.2) is 4.98 Å². The summed E-state index contributed by atoms with van der Waals surface area (Å²) in [6.45, 7) is 13.1. The van der Waals surface area contributed by atoms with E-state index in [1.54, 1.807) is 11.3 Å². The van der Waals surface area contributed by atoms with E-state index in [4.69, 9.17) is 5.73 Å². The highest BCUT2D eigenvalue weighted by Crippen LogP contribution is 2.21. The fourth-order valence-corrected chi connectivity index (χ4v) is 4.91. The number of anilines is 1. The maximum Gasteiger partial charge on any atom is 0.191 e. The van der Waals surface area contributed by atoms with E-state index < -0.39 is 0 Å². The molecule has 1 aromatic heterocycles. The Morgan fingerprint density at radius 1 is 1.19 bits per heavy atom. The van der Waals surface area contributed by atoms with Crippen LogP contribution in [-0.2, 0) is 0 Å². The molecular formula is C19H34N6S. The van der Waals surface area contributed by atoms with E-state index in [2.05, 4.69) is 38.5 Å². The quantitative estimate of drug-likeness (QED) is 0.468. The van der Waals surface area contributed by atoms with Gasteiger partial charge in [0.1, 0.15) is 0 Å². The summed E-state index contributed by atoms with van der Waals surface area (Å²) < 4.78 is 0. The Labute approximate surface area is 162 Å². The number of likely N-dealkylation sites (tertiary alicyclic amines) is 1. The Bertz CT molecular complexity index is 542. The molecule has 26 heavy (non-hydrogen) atoms. The van der Waals surface area contributed by atoms with Crippen molar-refractivity contribution in [2.24, 2.45) is 22.6 Å². The molecule has 0 aromatic carbocycles. The molecule has 7 heteroatoms. The Hall–Kier alpha value is -1.34. The van der Waals surface area contributed by atoms with Crippen LogP contribution in [0.4, 0.5) is 5.13 Å². The summed E-state index contributed by atoms with van der Waals surface area (Å²) in [4.78, 5) is 16.2. The Kier molecular flexibility index (Phi) is 7.14. The molecule has 0 aliphatic carbocycles. The van der Waals surface area contributed by atoms with Gasteiger partial charge >= 0.3 is 0 Å². The first kappa shape index (κ1) is 19.4. The fraction of sp³-hybridized carbons (Fsp3) is 0.789. The third-order valence-corrected chi connectivity index (χ3v) is 6.23. The summed E-state index contributed by atoms with van der Waals surface area (Å²) >= 11 is 1.70. The third-order valence-electron chi connectivity index (χ3n) is 5.39. The summed E-state index contributed by atoms with van der Waals surface area (Å²) in [7, 11) is 0. The van der Waals surface area contributed by atoms with E-state index in [1.807, 2.05) is 11.6 Å². The molecule has 0 spiro atoms. The van der Waals surface area contributed by atoms with Gasteiger partial charge in [-0.3, -0.25) is 4.99 Å². The lowest BCUT2D eigenvalue weighted by Gasteiger charge is -2.35.